The van der Waals surface area contributed by atoms with E-state index in [1.807, 2.05) is 18.3 Å². The maximum absolute atomic E-state index is 11.9. The van der Waals surface area contributed by atoms with E-state index < -0.39 is 0 Å². The lowest BCUT2D eigenvalue weighted by molar-refractivity contribution is -0.129. The first-order valence-corrected chi connectivity index (χ1v) is 10.9. The summed E-state index contributed by atoms with van der Waals surface area (Å²) in [5.41, 5.74) is 8.79. The molecule has 4 rings (SSSR count). The standard InChI is InChI=1S/C23H27N9O2/c1-14(7-16-5-6-18(25-8-16)19-10-27-20(24)11-26-19)15(2)22-29-23(34-30-22)17-9-28-32(12-17)13-21(33)31(3)4/h5-6,8-12,14-15H,7,13H2,1-4H3,(H2,24,27)/t14-,15?/m0/s1. The molecule has 4 aromatic heterocycles. The van der Waals surface area contributed by atoms with Crippen molar-refractivity contribution in [2.75, 3.05) is 19.8 Å². The van der Waals surface area contributed by atoms with Crippen LogP contribution in [0.15, 0.2) is 47.6 Å². The number of nitrogen functional groups attached to an aromatic ring is 1. The van der Waals surface area contributed by atoms with Crippen LogP contribution in [0.25, 0.3) is 22.8 Å². The third kappa shape index (κ3) is 5.25. The van der Waals surface area contributed by atoms with Crippen molar-refractivity contribution in [3.63, 3.8) is 0 Å². The van der Waals surface area contributed by atoms with Gasteiger partial charge in [0.15, 0.2) is 5.82 Å². The van der Waals surface area contributed by atoms with Crippen molar-refractivity contribution in [3.05, 3.63) is 54.5 Å². The number of nitrogens with two attached hydrogens (primary N) is 1. The van der Waals surface area contributed by atoms with Crippen molar-refractivity contribution < 1.29 is 9.32 Å². The fourth-order valence-corrected chi connectivity index (χ4v) is 3.35. The normalized spacial score (nSPS) is 12.9. The van der Waals surface area contributed by atoms with Crippen LogP contribution in [0, 0.1) is 5.92 Å². The first-order chi connectivity index (χ1) is 16.3. The summed E-state index contributed by atoms with van der Waals surface area (Å²) in [6.45, 7) is 4.37. The average molecular weight is 462 g/mol. The summed E-state index contributed by atoms with van der Waals surface area (Å²) in [6, 6.07) is 3.97. The number of carbonyl (C=O) groups is 1. The minimum absolute atomic E-state index is 0.0489. The van der Waals surface area contributed by atoms with E-state index in [9.17, 15) is 4.79 Å². The molecule has 0 aliphatic carbocycles. The third-order valence-electron chi connectivity index (χ3n) is 5.70. The van der Waals surface area contributed by atoms with Crippen LogP contribution in [0.5, 0.6) is 0 Å². The molecule has 11 nitrogen and oxygen atoms in total. The first kappa shape index (κ1) is 23.0. The monoisotopic (exact) mass is 461 g/mol. The van der Waals surface area contributed by atoms with Crippen LogP contribution in [0.1, 0.15) is 31.2 Å². The van der Waals surface area contributed by atoms with Gasteiger partial charge in [0.25, 0.3) is 5.89 Å². The Morgan fingerprint density at radius 3 is 2.56 bits per heavy atom. The summed E-state index contributed by atoms with van der Waals surface area (Å²) in [5.74, 6) is 1.64. The molecule has 2 atom stereocenters. The van der Waals surface area contributed by atoms with E-state index in [1.165, 1.54) is 11.1 Å². The van der Waals surface area contributed by atoms with Crippen LogP contribution in [0.3, 0.4) is 0 Å². The molecule has 0 bridgehead atoms. The molecule has 0 spiro atoms. The quantitative estimate of drug-likeness (QED) is 0.418. The first-order valence-electron chi connectivity index (χ1n) is 10.9. The van der Waals surface area contributed by atoms with E-state index in [2.05, 4.69) is 44.0 Å². The van der Waals surface area contributed by atoms with Crippen molar-refractivity contribution >= 4 is 11.7 Å². The topological polar surface area (TPSA) is 142 Å². The molecule has 4 aromatic rings. The third-order valence-corrected chi connectivity index (χ3v) is 5.70. The summed E-state index contributed by atoms with van der Waals surface area (Å²) in [4.78, 5) is 30.8. The second-order valence-corrected chi connectivity index (χ2v) is 8.52. The number of aromatic nitrogens is 7. The number of hydrogen-bond acceptors (Lipinski definition) is 9. The summed E-state index contributed by atoms with van der Waals surface area (Å²) in [7, 11) is 3.41. The van der Waals surface area contributed by atoms with Crippen molar-refractivity contribution in [2.24, 2.45) is 5.92 Å². The molecule has 0 saturated heterocycles. The Hall–Kier alpha value is -4.15. The van der Waals surface area contributed by atoms with E-state index in [0.29, 0.717) is 28.8 Å². The van der Waals surface area contributed by atoms with Crippen LogP contribution in [0.4, 0.5) is 5.82 Å². The van der Waals surface area contributed by atoms with Crippen LogP contribution in [0.2, 0.25) is 0 Å². The number of pyridine rings is 1. The zero-order chi connectivity index (χ0) is 24.2. The van der Waals surface area contributed by atoms with Gasteiger partial charge in [-0.15, -0.1) is 0 Å². The van der Waals surface area contributed by atoms with E-state index in [0.717, 1.165) is 17.7 Å². The lowest BCUT2D eigenvalue weighted by Gasteiger charge is -2.16. The van der Waals surface area contributed by atoms with Gasteiger partial charge in [-0.25, -0.2) is 9.97 Å². The molecule has 0 fully saturated rings. The van der Waals surface area contributed by atoms with Gasteiger partial charge in [-0.05, 0) is 24.0 Å². The fourth-order valence-electron chi connectivity index (χ4n) is 3.35. The molecule has 2 N–H and O–H groups in total. The second kappa shape index (κ2) is 9.77. The Kier molecular flexibility index (Phi) is 6.62. The van der Waals surface area contributed by atoms with E-state index in [4.69, 9.17) is 10.3 Å². The minimum atomic E-state index is -0.0489. The highest BCUT2D eigenvalue weighted by Crippen LogP contribution is 2.27. The summed E-state index contributed by atoms with van der Waals surface area (Å²) >= 11 is 0. The molecule has 0 saturated carbocycles. The predicted molar refractivity (Wildman–Crippen MR) is 125 cm³/mol. The largest absolute Gasteiger partial charge is 0.382 e. The fraction of sp³-hybridized carbons (Fsp3) is 0.348. The lowest BCUT2D eigenvalue weighted by Crippen LogP contribution is -2.26. The average Bonchev–Trinajstić information content (AvgIpc) is 3.49. The Labute approximate surface area is 197 Å². The number of rotatable bonds is 8. The van der Waals surface area contributed by atoms with Crippen LogP contribution < -0.4 is 5.73 Å². The smallest absolute Gasteiger partial charge is 0.261 e. The molecule has 1 unspecified atom stereocenters. The number of likely N-dealkylation sites (N-methyl/N-ethyl adjacent to an activating group) is 1. The van der Waals surface area contributed by atoms with E-state index >= 15 is 0 Å². The maximum atomic E-state index is 11.9. The molecule has 4 heterocycles. The molecular formula is C23H27N9O2. The molecule has 0 radical (unpaired) electrons. The molecule has 34 heavy (non-hydrogen) atoms. The number of anilines is 1. The van der Waals surface area contributed by atoms with Crippen LogP contribution in [-0.2, 0) is 17.8 Å². The van der Waals surface area contributed by atoms with Gasteiger partial charge in [0.2, 0.25) is 5.91 Å². The van der Waals surface area contributed by atoms with Gasteiger partial charge in [-0.3, -0.25) is 14.5 Å². The van der Waals surface area contributed by atoms with Crippen molar-refractivity contribution in [3.8, 4) is 22.8 Å². The SMILES string of the molecule is CC(c1noc(-c2cnn(CC(=O)N(C)C)c2)n1)[C@@H](C)Cc1ccc(-c2cnc(N)cn2)nc1. The Bertz CT molecular complexity index is 1250. The minimum Gasteiger partial charge on any atom is -0.382 e. The zero-order valence-corrected chi connectivity index (χ0v) is 19.6. The molecule has 0 aromatic carbocycles. The molecule has 0 aliphatic rings. The highest BCUT2D eigenvalue weighted by molar-refractivity contribution is 5.75. The van der Waals surface area contributed by atoms with Gasteiger partial charge >= 0.3 is 0 Å². The Morgan fingerprint density at radius 2 is 1.88 bits per heavy atom. The van der Waals surface area contributed by atoms with Gasteiger partial charge in [-0.2, -0.15) is 10.1 Å². The molecule has 1 amide bonds. The lowest BCUT2D eigenvalue weighted by atomic mass is 9.89. The maximum Gasteiger partial charge on any atom is 0.261 e. The van der Waals surface area contributed by atoms with E-state index in [-0.39, 0.29) is 24.3 Å². The van der Waals surface area contributed by atoms with Crippen molar-refractivity contribution in [1.29, 1.82) is 0 Å². The van der Waals surface area contributed by atoms with Gasteiger partial charge in [-0.1, -0.05) is 25.1 Å². The summed E-state index contributed by atoms with van der Waals surface area (Å²) < 4.78 is 7.02. The number of nitrogens with zero attached hydrogens (tertiary/aromatic N) is 8. The molecular weight excluding hydrogens is 434 g/mol. The van der Waals surface area contributed by atoms with Gasteiger partial charge in [0.05, 0.1) is 29.8 Å². The highest BCUT2D eigenvalue weighted by Gasteiger charge is 2.22. The van der Waals surface area contributed by atoms with Gasteiger partial charge in [0, 0.05) is 32.4 Å². The highest BCUT2D eigenvalue weighted by atomic mass is 16.5. The van der Waals surface area contributed by atoms with Crippen molar-refractivity contribution in [2.45, 2.75) is 32.7 Å². The van der Waals surface area contributed by atoms with Crippen LogP contribution >= 0.6 is 0 Å². The molecule has 11 heteroatoms. The summed E-state index contributed by atoms with van der Waals surface area (Å²) in [6.07, 6.45) is 9.12. The number of carbonyl (C=O) groups excluding carboxylic acids is 1. The second-order valence-electron chi connectivity index (χ2n) is 8.52. The predicted octanol–water partition coefficient (Wildman–Crippen LogP) is 2.44. The number of hydrogen-bond donors (Lipinski definition) is 1. The Morgan fingerprint density at radius 1 is 1.09 bits per heavy atom. The van der Waals surface area contributed by atoms with E-state index in [1.54, 1.807) is 37.4 Å². The van der Waals surface area contributed by atoms with Gasteiger partial charge < -0.3 is 15.2 Å². The molecule has 0 aliphatic heterocycles. The van der Waals surface area contributed by atoms with Gasteiger partial charge in [0.1, 0.15) is 18.1 Å². The Balaban J connectivity index is 1.39. The molecule has 176 valence electrons. The van der Waals surface area contributed by atoms with Crippen molar-refractivity contribution in [1.82, 2.24) is 39.8 Å². The van der Waals surface area contributed by atoms with Crippen LogP contribution in [-0.4, -0.2) is 59.8 Å². The summed E-state index contributed by atoms with van der Waals surface area (Å²) in [5, 5.41) is 8.39. The number of amides is 1. The zero-order valence-electron chi connectivity index (χ0n) is 19.6.